The molecule has 1 heterocycles. The molecule has 0 amide bonds. The van der Waals surface area contributed by atoms with Gasteiger partial charge in [-0.1, -0.05) is 42.1 Å². The second-order valence-corrected chi connectivity index (χ2v) is 5.91. The van der Waals surface area contributed by atoms with E-state index in [0.717, 1.165) is 22.3 Å². The number of carboxylic acid groups (broad SMARTS) is 1. The molecule has 5 nitrogen and oxygen atoms in total. The topological polar surface area (TPSA) is 64.4 Å². The van der Waals surface area contributed by atoms with Gasteiger partial charge in [-0.25, -0.2) is 4.98 Å². The highest BCUT2D eigenvalue weighted by Crippen LogP contribution is 2.29. The quantitative estimate of drug-likeness (QED) is 0.702. The molecule has 0 aliphatic carbocycles. The fraction of sp³-hybridized carbons (Fsp3) is 0.176. The van der Waals surface area contributed by atoms with Gasteiger partial charge >= 0.3 is 5.97 Å². The third-order valence-corrected chi connectivity index (χ3v) is 4.49. The van der Waals surface area contributed by atoms with Crippen LogP contribution in [0.2, 0.25) is 0 Å². The lowest BCUT2D eigenvalue weighted by Gasteiger charge is -2.09. The van der Waals surface area contributed by atoms with Gasteiger partial charge in [-0.15, -0.1) is 0 Å². The van der Waals surface area contributed by atoms with Crippen molar-refractivity contribution < 1.29 is 14.6 Å². The molecule has 6 heteroatoms. The van der Waals surface area contributed by atoms with Crippen molar-refractivity contribution in [3.05, 3.63) is 54.1 Å². The molecule has 0 bridgehead atoms. The molecule has 0 aliphatic rings. The van der Waals surface area contributed by atoms with Crippen molar-refractivity contribution >= 4 is 28.8 Å². The summed E-state index contributed by atoms with van der Waals surface area (Å²) in [4.78, 5) is 15.7. The van der Waals surface area contributed by atoms with Crippen LogP contribution < -0.4 is 4.74 Å². The first-order valence-electron chi connectivity index (χ1n) is 7.11. The summed E-state index contributed by atoms with van der Waals surface area (Å²) in [7, 11) is 1.64. The fourth-order valence-corrected chi connectivity index (χ4v) is 3.42. The van der Waals surface area contributed by atoms with E-state index in [9.17, 15) is 4.79 Å². The lowest BCUT2D eigenvalue weighted by Crippen LogP contribution is -2.09. The summed E-state index contributed by atoms with van der Waals surface area (Å²) in [6.07, 6.45) is 0. The van der Waals surface area contributed by atoms with E-state index in [-0.39, 0.29) is 6.54 Å². The summed E-state index contributed by atoms with van der Waals surface area (Å²) in [5.74, 6) is 0.598. The molecule has 0 aliphatic heterocycles. The van der Waals surface area contributed by atoms with E-state index < -0.39 is 5.97 Å². The maximum atomic E-state index is 11.2. The van der Waals surface area contributed by atoms with Crippen molar-refractivity contribution in [1.29, 1.82) is 0 Å². The van der Waals surface area contributed by atoms with Crippen molar-refractivity contribution in [2.75, 3.05) is 7.11 Å². The number of aliphatic carboxylic acids is 1. The standard InChI is InChI=1S/C17H16N2O3S/c1-22-15-9-5-2-6-12(15)11-23-17-18-13-7-3-4-8-14(13)19(17)10-16(20)21/h2-9H,10-11H2,1H3,(H,20,21). The molecular formula is C17H16N2O3S. The Morgan fingerprint density at radius 1 is 1.22 bits per heavy atom. The van der Waals surface area contributed by atoms with Gasteiger partial charge in [-0.3, -0.25) is 4.79 Å². The van der Waals surface area contributed by atoms with E-state index >= 15 is 0 Å². The molecule has 3 rings (SSSR count). The number of imidazole rings is 1. The van der Waals surface area contributed by atoms with Crippen LogP contribution >= 0.6 is 11.8 Å². The van der Waals surface area contributed by atoms with Crippen LogP contribution in [-0.4, -0.2) is 27.7 Å². The summed E-state index contributed by atoms with van der Waals surface area (Å²) >= 11 is 1.51. The number of carboxylic acids is 1. The van der Waals surface area contributed by atoms with Gasteiger partial charge in [0.25, 0.3) is 0 Å². The van der Waals surface area contributed by atoms with Crippen molar-refractivity contribution in [2.24, 2.45) is 0 Å². The van der Waals surface area contributed by atoms with Gasteiger partial charge < -0.3 is 14.4 Å². The molecule has 1 aromatic heterocycles. The number of methoxy groups -OCH3 is 1. The fourth-order valence-electron chi connectivity index (χ4n) is 2.42. The van der Waals surface area contributed by atoms with Crippen LogP contribution in [-0.2, 0) is 17.1 Å². The SMILES string of the molecule is COc1ccccc1CSc1nc2ccccc2n1CC(=O)O. The smallest absolute Gasteiger partial charge is 0.323 e. The Morgan fingerprint density at radius 2 is 1.96 bits per heavy atom. The first-order valence-corrected chi connectivity index (χ1v) is 8.09. The largest absolute Gasteiger partial charge is 0.496 e. The summed E-state index contributed by atoms with van der Waals surface area (Å²) < 4.78 is 7.09. The molecule has 0 saturated carbocycles. The lowest BCUT2D eigenvalue weighted by atomic mass is 10.2. The zero-order valence-electron chi connectivity index (χ0n) is 12.6. The highest BCUT2D eigenvalue weighted by molar-refractivity contribution is 7.98. The lowest BCUT2D eigenvalue weighted by molar-refractivity contribution is -0.137. The van der Waals surface area contributed by atoms with E-state index in [1.807, 2.05) is 48.5 Å². The molecule has 3 aromatic rings. The number of benzene rings is 2. The van der Waals surface area contributed by atoms with Crippen LogP contribution in [0.3, 0.4) is 0 Å². The minimum absolute atomic E-state index is 0.102. The van der Waals surface area contributed by atoms with Crippen LogP contribution in [0.5, 0.6) is 5.75 Å². The van der Waals surface area contributed by atoms with Gasteiger partial charge in [0.15, 0.2) is 5.16 Å². The van der Waals surface area contributed by atoms with Crippen LogP contribution in [0.25, 0.3) is 11.0 Å². The number of ether oxygens (including phenoxy) is 1. The van der Waals surface area contributed by atoms with Crippen LogP contribution in [0.15, 0.2) is 53.7 Å². The molecule has 0 saturated heterocycles. The molecule has 0 unspecified atom stereocenters. The number of para-hydroxylation sites is 3. The Hall–Kier alpha value is -2.47. The monoisotopic (exact) mass is 328 g/mol. The van der Waals surface area contributed by atoms with Gasteiger partial charge in [-0.05, 0) is 18.2 Å². The van der Waals surface area contributed by atoms with E-state index in [4.69, 9.17) is 9.84 Å². The summed E-state index contributed by atoms with van der Waals surface area (Å²) in [5, 5.41) is 9.85. The van der Waals surface area contributed by atoms with Crippen molar-refractivity contribution in [3.63, 3.8) is 0 Å². The second-order valence-electron chi connectivity index (χ2n) is 4.96. The van der Waals surface area contributed by atoms with Gasteiger partial charge in [0, 0.05) is 11.3 Å². The zero-order chi connectivity index (χ0) is 16.2. The van der Waals surface area contributed by atoms with Gasteiger partial charge in [-0.2, -0.15) is 0 Å². The molecule has 0 fully saturated rings. The van der Waals surface area contributed by atoms with Crippen LogP contribution in [0, 0.1) is 0 Å². The number of rotatable bonds is 6. The number of thioether (sulfide) groups is 1. The van der Waals surface area contributed by atoms with Gasteiger partial charge in [0.1, 0.15) is 12.3 Å². The Bertz CT molecular complexity index is 845. The number of nitrogens with zero attached hydrogens (tertiary/aromatic N) is 2. The molecule has 23 heavy (non-hydrogen) atoms. The molecule has 118 valence electrons. The zero-order valence-corrected chi connectivity index (χ0v) is 13.4. The predicted octanol–water partition coefficient (Wildman–Crippen LogP) is 3.42. The first-order chi connectivity index (χ1) is 11.2. The molecule has 2 aromatic carbocycles. The molecular weight excluding hydrogens is 312 g/mol. The third-order valence-electron chi connectivity index (χ3n) is 3.46. The summed E-state index contributed by atoms with van der Waals surface area (Å²) in [5.41, 5.74) is 2.68. The van der Waals surface area contributed by atoms with Gasteiger partial charge in [0.05, 0.1) is 18.1 Å². The second kappa shape index (κ2) is 6.75. The molecule has 0 atom stereocenters. The maximum absolute atomic E-state index is 11.2. The van der Waals surface area contributed by atoms with Crippen molar-refractivity contribution in [3.8, 4) is 5.75 Å². The minimum Gasteiger partial charge on any atom is -0.496 e. The molecule has 0 spiro atoms. The van der Waals surface area contributed by atoms with Crippen LogP contribution in [0.1, 0.15) is 5.56 Å². The van der Waals surface area contributed by atoms with Crippen molar-refractivity contribution in [1.82, 2.24) is 9.55 Å². The van der Waals surface area contributed by atoms with Crippen molar-refractivity contribution in [2.45, 2.75) is 17.5 Å². The Labute approximate surface area is 137 Å². The number of aromatic nitrogens is 2. The Morgan fingerprint density at radius 3 is 2.74 bits per heavy atom. The third kappa shape index (κ3) is 3.32. The summed E-state index contributed by atoms with van der Waals surface area (Å²) in [6, 6.07) is 15.4. The average molecular weight is 328 g/mol. The number of hydrogen-bond acceptors (Lipinski definition) is 4. The minimum atomic E-state index is -0.882. The summed E-state index contributed by atoms with van der Waals surface area (Å²) in [6.45, 7) is -0.102. The first kappa shape index (κ1) is 15.4. The van der Waals surface area contributed by atoms with E-state index in [1.54, 1.807) is 11.7 Å². The Kier molecular flexibility index (Phi) is 4.52. The maximum Gasteiger partial charge on any atom is 0.323 e. The predicted molar refractivity (Wildman–Crippen MR) is 89.9 cm³/mol. The van der Waals surface area contributed by atoms with Crippen LogP contribution in [0.4, 0.5) is 0 Å². The normalized spacial score (nSPS) is 10.8. The molecule has 0 radical (unpaired) electrons. The number of fused-ring (bicyclic) bond motifs is 1. The highest BCUT2D eigenvalue weighted by Gasteiger charge is 2.14. The number of hydrogen-bond donors (Lipinski definition) is 1. The number of carbonyl (C=O) groups is 1. The highest BCUT2D eigenvalue weighted by atomic mass is 32.2. The average Bonchev–Trinajstić information content (AvgIpc) is 2.90. The van der Waals surface area contributed by atoms with E-state index in [0.29, 0.717) is 10.9 Å². The Balaban J connectivity index is 1.91. The molecule has 1 N–H and O–H groups in total. The van der Waals surface area contributed by atoms with Gasteiger partial charge in [0.2, 0.25) is 0 Å². The van der Waals surface area contributed by atoms with E-state index in [1.165, 1.54) is 11.8 Å². The van der Waals surface area contributed by atoms with E-state index in [2.05, 4.69) is 4.98 Å².